The highest BCUT2D eigenvalue weighted by atomic mass is 32.1. The molecule has 1 fully saturated rings. The van der Waals surface area contributed by atoms with Crippen molar-refractivity contribution in [2.45, 2.75) is 226 Å². The molecule has 0 saturated carbocycles. The normalized spacial score (nSPS) is 14.7. The van der Waals surface area contributed by atoms with E-state index in [1.807, 2.05) is 18.2 Å². The smallest absolute Gasteiger partial charge is 0.326 e. The number of aromatic hydroxyl groups is 2. The topological polar surface area (TPSA) is 919 Å². The van der Waals surface area contributed by atoms with Gasteiger partial charge < -0.3 is 173 Å². The monoisotopic (exact) mass is 2070 g/mol. The van der Waals surface area contributed by atoms with Crippen LogP contribution in [-0.4, -0.2) is 300 Å². The number of carbonyl (C=O) groups excluding carboxylic acids is 15. The Morgan fingerprint density at radius 3 is 0.986 bits per heavy atom. The summed E-state index contributed by atoms with van der Waals surface area (Å²) in [5.74, 6) is -17.1. The number of hydrogen-bond acceptors (Lipinski definition) is 27. The molecular weight excluding hydrogens is 1930 g/mol. The minimum Gasteiger partial charge on any atom is -0.508 e. The lowest BCUT2D eigenvalue weighted by atomic mass is 10.00. The van der Waals surface area contributed by atoms with Gasteiger partial charge in [0.25, 0.3) is 0 Å². The predicted molar refractivity (Wildman–Crippen MR) is 545 cm³/mol. The first-order valence-corrected chi connectivity index (χ1v) is 48.6. The summed E-state index contributed by atoms with van der Waals surface area (Å²) >= 11 is 8.68. The van der Waals surface area contributed by atoms with Crippen LogP contribution in [0.3, 0.4) is 0 Å². The molecule has 0 radical (unpaired) electrons. The summed E-state index contributed by atoms with van der Waals surface area (Å²) in [5.41, 5.74) is 51.7. The van der Waals surface area contributed by atoms with Gasteiger partial charge in [-0.1, -0.05) is 66.7 Å². The summed E-state index contributed by atoms with van der Waals surface area (Å²) in [6.07, 6.45) is -1.25. The fourth-order valence-corrected chi connectivity index (χ4v) is 15.8. The first-order chi connectivity index (χ1) is 69.0. The molecule has 1 saturated heterocycles. The number of carboxylic acid groups (broad SMARTS) is 1. The minimum atomic E-state index is -1.68. The number of aliphatic carboxylic acids is 1. The molecular formula is C90H142N34O19S2. The number of amides is 17. The van der Waals surface area contributed by atoms with Crippen molar-refractivity contribution in [3.05, 3.63) is 108 Å². The maximum absolute atomic E-state index is 15.4. The lowest BCUT2D eigenvalue weighted by Gasteiger charge is -2.31. The second-order valence-electron chi connectivity index (χ2n) is 34.4. The largest absolute Gasteiger partial charge is 0.508 e. The SMILES string of the molecule is N=C(N)NCCC[C@H](NC(=O)[C@H](CS)NC(=O)[C@H](CCCNC(N)=O)NC(=O)[C@H](CCCNC(=N)N)NC(=O)[C@H](Cc1ccc(O)cc1)NC(=O)[C@@H]1CCCN1C(=O)[C@@H](CCCCN)NC(=O)[C@H](CCCNC(N)=O)NC(=O)[C@H](CCCNC(=N)N)NC(=O)[C@H](Cc1ccc(O)cc1)NC(=O)[C@H](CS)NC(=O)[C@H](Cc1ccc2ccccc2c1)NC(=O)[C@H](CCCNC(=N)N)NC(=O)[C@@H](N)CCCNC(=N)N)C(=O)O. The standard InChI is InChI=1S/C90H142N34O19S2/c91-34-4-3-16-62(82(139)124-42-12-23-69(124)81(138)121-65(45-50-27-32-55(126)33-28-50)77(134)116-59(19-8-38-108-87(99)100)72(129)114-61(21-10-41-111-90(104)143)75(132)122-67(47-144)79(136)118-63(83(140)141)22-11-39-109-88(101)102)117-73(130)60(20-9-40-110-89(103)142)113-71(128)58(18-7-37-107-86(97)98)115-76(133)64(44-49-25-30-54(125)31-26-49)120-80(137)68(48-145)123-78(135)66(46-51-24-29-52-13-1-2-14-53(52)43-51)119-74(131)57(17-6-36-106-85(95)96)112-70(127)56(92)15-5-35-105-84(93)94/h1-2,13-14,24-33,43,56-69,125-126,144-145H,3-12,15-23,34-42,44-48,91-92H2,(H,112,127)(H,113,128)(H,114,129)(H,115,133)(H,116,134)(H,117,130)(H,118,136)(H,119,131)(H,120,137)(H,121,138)(H,122,132)(H,123,135)(H,140,141)(H4,93,94,105)(H4,95,96,106)(H4,97,98,107)(H4,99,100,108)(H4,101,102,109)(H3,103,110,142)(H3,104,111,143)/t56-,57-,58-,59-,60-,61-,62+,63-,64-,65-,66-,67-,68-,69-/m0/s1. The van der Waals surface area contributed by atoms with Crippen LogP contribution in [0.15, 0.2) is 91.0 Å². The Balaban J connectivity index is 1.49. The van der Waals surface area contributed by atoms with Gasteiger partial charge in [0.05, 0.1) is 6.04 Å². The molecule has 0 unspecified atom stereocenters. The molecule has 1 heterocycles. The van der Waals surface area contributed by atoms with Crippen LogP contribution >= 0.6 is 25.3 Å². The van der Waals surface area contributed by atoms with E-state index in [0.717, 1.165) is 10.8 Å². The highest BCUT2D eigenvalue weighted by Crippen LogP contribution is 2.24. The van der Waals surface area contributed by atoms with Crippen molar-refractivity contribution in [3.63, 3.8) is 0 Å². The molecule has 0 spiro atoms. The molecule has 55 heteroatoms. The third kappa shape index (κ3) is 45.8. The van der Waals surface area contributed by atoms with Crippen LogP contribution in [0.2, 0.25) is 0 Å². The number of guanidine groups is 5. The number of rotatable bonds is 66. The molecule has 1 aliphatic heterocycles. The van der Waals surface area contributed by atoms with E-state index in [9.17, 15) is 58.5 Å². The van der Waals surface area contributed by atoms with E-state index in [0.29, 0.717) is 29.5 Å². The van der Waals surface area contributed by atoms with Crippen molar-refractivity contribution < 1.29 is 92.0 Å². The number of phenols is 2. The first-order valence-electron chi connectivity index (χ1n) is 47.3. The second-order valence-corrected chi connectivity index (χ2v) is 35.2. The van der Waals surface area contributed by atoms with Gasteiger partial charge in [-0.15, -0.1) is 0 Å². The fraction of sp³-hybridized carbons (Fsp3) is 0.522. The molecule has 4 aromatic carbocycles. The molecule has 0 aromatic heterocycles. The van der Waals surface area contributed by atoms with Gasteiger partial charge in [0.15, 0.2) is 29.8 Å². The molecule has 45 N–H and O–H groups in total. The number of nitrogens with one attached hydrogen (secondary N) is 24. The zero-order valence-electron chi connectivity index (χ0n) is 80.5. The van der Waals surface area contributed by atoms with Crippen LogP contribution in [0, 0.1) is 27.0 Å². The Morgan fingerprint density at radius 2 is 0.628 bits per heavy atom. The summed E-state index contributed by atoms with van der Waals surface area (Å²) in [7, 11) is 0. The van der Waals surface area contributed by atoms with Gasteiger partial charge in [-0.25, -0.2) is 14.4 Å². The quantitative estimate of drug-likeness (QED) is 0.00845. The molecule has 14 atom stereocenters. The van der Waals surface area contributed by atoms with Crippen LogP contribution < -0.4 is 153 Å². The average molecular weight is 2070 g/mol. The number of carbonyl (C=O) groups is 16. The first kappa shape index (κ1) is 120. The number of likely N-dealkylation sites (tertiary alicyclic amines) is 1. The molecule has 0 bridgehead atoms. The van der Waals surface area contributed by atoms with Crippen LogP contribution in [0.25, 0.3) is 10.8 Å². The van der Waals surface area contributed by atoms with E-state index >= 15 is 33.6 Å². The second kappa shape index (κ2) is 64.4. The number of nitrogens with zero attached hydrogens (tertiary/aromatic N) is 1. The number of unbranched alkanes of at least 4 members (excludes halogenated alkanes) is 1. The number of carboxylic acids is 1. The molecule has 17 amide bonds. The van der Waals surface area contributed by atoms with E-state index in [4.69, 9.17) is 78.6 Å². The molecule has 53 nitrogen and oxygen atoms in total. The van der Waals surface area contributed by atoms with Crippen LogP contribution in [0.1, 0.15) is 139 Å². The minimum absolute atomic E-state index is 0.00225. The summed E-state index contributed by atoms with van der Waals surface area (Å²) in [6.45, 7) is -0.0387. The number of nitrogens with two attached hydrogens (primary N) is 9. The van der Waals surface area contributed by atoms with Gasteiger partial charge in [-0.05, 0) is 180 Å². The van der Waals surface area contributed by atoms with E-state index < -0.39 is 203 Å². The van der Waals surface area contributed by atoms with Crippen molar-refractivity contribution in [1.29, 1.82) is 27.0 Å². The molecule has 798 valence electrons. The van der Waals surface area contributed by atoms with Crippen LogP contribution in [0.5, 0.6) is 11.5 Å². The molecule has 4 aromatic rings. The van der Waals surface area contributed by atoms with Crippen molar-refractivity contribution in [2.24, 2.45) is 51.6 Å². The van der Waals surface area contributed by atoms with Crippen molar-refractivity contribution in [2.75, 3.05) is 70.4 Å². The van der Waals surface area contributed by atoms with Crippen LogP contribution in [-0.2, 0) is 86.4 Å². The number of hydrogen-bond donors (Lipinski definition) is 38. The maximum atomic E-state index is 15.4. The lowest BCUT2D eigenvalue weighted by molar-refractivity contribution is -0.142. The number of urea groups is 2. The van der Waals surface area contributed by atoms with E-state index in [2.05, 4.69) is 126 Å². The van der Waals surface area contributed by atoms with Crippen molar-refractivity contribution in [3.8, 4) is 11.5 Å². The highest BCUT2D eigenvalue weighted by molar-refractivity contribution is 7.80. The predicted octanol–water partition coefficient (Wildman–Crippen LogP) is -7.30. The van der Waals surface area contributed by atoms with E-state index in [1.165, 1.54) is 53.4 Å². The van der Waals surface area contributed by atoms with Gasteiger partial charge in [0.1, 0.15) is 90.0 Å². The van der Waals surface area contributed by atoms with Crippen molar-refractivity contribution >= 4 is 161 Å². The van der Waals surface area contributed by atoms with Crippen LogP contribution in [0.4, 0.5) is 9.59 Å². The number of thiol groups is 2. The van der Waals surface area contributed by atoms with Gasteiger partial charge in [-0.3, -0.25) is 89.4 Å². The van der Waals surface area contributed by atoms with E-state index in [1.54, 1.807) is 24.3 Å². The number of primary amides is 2. The Kier molecular flexibility index (Phi) is 53.4. The Bertz CT molecular complexity index is 5050. The lowest BCUT2D eigenvalue weighted by Crippen LogP contribution is -2.61. The highest BCUT2D eigenvalue weighted by Gasteiger charge is 2.42. The summed E-state index contributed by atoms with van der Waals surface area (Å²) in [4.78, 5) is 230. The molecule has 5 rings (SSSR count). The van der Waals surface area contributed by atoms with Gasteiger partial charge in [0, 0.05) is 83.1 Å². The Labute approximate surface area is 848 Å². The zero-order valence-corrected chi connectivity index (χ0v) is 82.3. The summed E-state index contributed by atoms with van der Waals surface area (Å²) in [5, 5.41) is 120. The number of fused-ring (bicyclic) bond motifs is 1. The average Bonchev–Trinajstić information content (AvgIpc) is 1.76. The number of phenolic OH excluding ortho intramolecular Hbond substituents is 2. The third-order valence-electron chi connectivity index (χ3n) is 22.9. The fourth-order valence-electron chi connectivity index (χ4n) is 15.3. The number of benzene rings is 4. The maximum Gasteiger partial charge on any atom is 0.326 e. The van der Waals surface area contributed by atoms with Gasteiger partial charge >= 0.3 is 18.0 Å². The summed E-state index contributed by atoms with van der Waals surface area (Å²) in [6, 6.07) is 0.326. The Morgan fingerprint density at radius 1 is 0.338 bits per heavy atom. The zero-order chi connectivity index (χ0) is 107. The Hall–Kier alpha value is -15.2. The van der Waals surface area contributed by atoms with E-state index in [-0.39, 0.29) is 217 Å². The van der Waals surface area contributed by atoms with Crippen molar-refractivity contribution in [1.82, 2.24) is 106 Å². The summed E-state index contributed by atoms with van der Waals surface area (Å²) < 4.78 is 0. The van der Waals surface area contributed by atoms with Gasteiger partial charge in [-0.2, -0.15) is 25.3 Å². The molecule has 145 heavy (non-hydrogen) atoms. The van der Waals surface area contributed by atoms with Gasteiger partial charge in [0.2, 0.25) is 76.8 Å². The third-order valence-corrected chi connectivity index (χ3v) is 23.7. The molecule has 0 aliphatic carbocycles. The molecule has 1 aliphatic rings.